The molecule has 10 heteroatoms. The molecule has 0 aliphatic carbocycles. The summed E-state index contributed by atoms with van der Waals surface area (Å²) in [6, 6.07) is 6.27. The first-order valence-corrected chi connectivity index (χ1v) is 11.6. The van der Waals surface area contributed by atoms with Gasteiger partial charge in [-0.2, -0.15) is 0 Å². The van der Waals surface area contributed by atoms with Crippen molar-refractivity contribution in [2.24, 2.45) is 5.73 Å². The van der Waals surface area contributed by atoms with E-state index in [0.29, 0.717) is 11.3 Å². The fourth-order valence-electron chi connectivity index (χ4n) is 3.38. The van der Waals surface area contributed by atoms with Gasteiger partial charge in [-0.15, -0.1) is 0 Å². The Morgan fingerprint density at radius 1 is 1.00 bits per heavy atom. The lowest BCUT2D eigenvalue weighted by Crippen LogP contribution is -2.41. The molecular weight excluding hydrogens is 460 g/mol. The molecule has 0 fully saturated rings. The normalized spacial score (nSPS) is 12.4. The van der Waals surface area contributed by atoms with Gasteiger partial charge in [0.15, 0.2) is 5.96 Å². The van der Waals surface area contributed by atoms with E-state index in [1.54, 1.807) is 0 Å². The van der Waals surface area contributed by atoms with Gasteiger partial charge in [0.25, 0.3) is 5.91 Å². The molecule has 1 aromatic carbocycles. The van der Waals surface area contributed by atoms with E-state index in [4.69, 9.17) is 16.2 Å². The highest BCUT2D eigenvalue weighted by molar-refractivity contribution is 5.99. The minimum Gasteiger partial charge on any atom is -0.481 e. The molecule has 194 valence electrons. The molecule has 0 saturated carbocycles. The molecule has 0 radical (unpaired) electrons. The zero-order valence-electron chi connectivity index (χ0n) is 21.7. The summed E-state index contributed by atoms with van der Waals surface area (Å²) in [6.07, 6.45) is 2.51. The number of aromatic nitrogens is 1. The summed E-state index contributed by atoms with van der Waals surface area (Å²) < 4.78 is 0. The van der Waals surface area contributed by atoms with Crippen LogP contribution >= 0.6 is 0 Å². The lowest BCUT2D eigenvalue weighted by atomic mass is 9.78. The van der Waals surface area contributed by atoms with Gasteiger partial charge < -0.3 is 26.8 Å². The van der Waals surface area contributed by atoms with Crippen molar-refractivity contribution in [2.45, 2.75) is 64.8 Å². The lowest BCUT2D eigenvalue weighted by Gasteiger charge is -2.28. The van der Waals surface area contributed by atoms with Crippen molar-refractivity contribution in [1.82, 2.24) is 15.6 Å². The van der Waals surface area contributed by atoms with Crippen molar-refractivity contribution in [2.75, 3.05) is 11.9 Å². The number of guanidine groups is 1. The van der Waals surface area contributed by atoms with Crippen molar-refractivity contribution in [3.8, 4) is 0 Å². The van der Waals surface area contributed by atoms with Crippen molar-refractivity contribution < 1.29 is 19.5 Å². The first-order chi connectivity index (χ1) is 16.6. The SMILES string of the molecule is CC(C)(C)c1cc(C(NC(=O)c2cncc(NC(=N)N)c2)C(=O)NCCC(=O)O)cc(C(C)(C)C)c1. The first kappa shape index (κ1) is 28.3. The van der Waals surface area contributed by atoms with Crippen LogP contribution in [-0.4, -0.2) is 40.4 Å². The van der Waals surface area contributed by atoms with Crippen LogP contribution in [0, 0.1) is 5.41 Å². The lowest BCUT2D eigenvalue weighted by molar-refractivity contribution is -0.137. The highest BCUT2D eigenvalue weighted by Gasteiger charge is 2.28. The van der Waals surface area contributed by atoms with Crippen LogP contribution in [-0.2, 0) is 20.4 Å². The van der Waals surface area contributed by atoms with Gasteiger partial charge in [-0.25, -0.2) is 0 Å². The van der Waals surface area contributed by atoms with Crippen LogP contribution in [0.2, 0.25) is 0 Å². The first-order valence-electron chi connectivity index (χ1n) is 11.6. The maximum absolute atomic E-state index is 13.2. The fourth-order valence-corrected chi connectivity index (χ4v) is 3.38. The minimum absolute atomic E-state index is 0.0782. The Morgan fingerprint density at radius 2 is 1.58 bits per heavy atom. The molecule has 0 saturated heterocycles. The van der Waals surface area contributed by atoms with Gasteiger partial charge in [0.05, 0.1) is 23.9 Å². The summed E-state index contributed by atoms with van der Waals surface area (Å²) in [5.41, 5.74) is 8.01. The van der Waals surface area contributed by atoms with E-state index in [0.717, 1.165) is 11.1 Å². The summed E-state index contributed by atoms with van der Waals surface area (Å²) in [5, 5.41) is 24.3. The Kier molecular flexibility index (Phi) is 8.80. The standard InChI is InChI=1S/C26H36N6O4/c1-25(2,3)17-9-15(10-18(12-17)26(4,5)6)21(23(36)30-8-7-20(33)34)32-22(35)16-11-19(14-29-13-16)31-24(27)28/h9-14,21H,7-8H2,1-6H3,(H,30,36)(H,32,35)(H,33,34)(H4,27,28,31). The average Bonchev–Trinajstić information content (AvgIpc) is 2.75. The summed E-state index contributed by atoms with van der Waals surface area (Å²) >= 11 is 0. The molecule has 7 N–H and O–H groups in total. The second kappa shape index (κ2) is 11.2. The molecule has 1 atom stereocenters. The number of nitrogens with two attached hydrogens (primary N) is 1. The van der Waals surface area contributed by atoms with Gasteiger partial charge in [0.1, 0.15) is 6.04 Å². The monoisotopic (exact) mass is 496 g/mol. The zero-order valence-corrected chi connectivity index (χ0v) is 21.7. The number of carbonyl (C=O) groups excluding carboxylic acids is 2. The average molecular weight is 497 g/mol. The Bertz CT molecular complexity index is 1120. The van der Waals surface area contributed by atoms with E-state index in [9.17, 15) is 14.4 Å². The predicted molar refractivity (Wildman–Crippen MR) is 139 cm³/mol. The van der Waals surface area contributed by atoms with Crippen LogP contribution in [0.4, 0.5) is 5.69 Å². The molecule has 0 aliphatic heterocycles. The molecule has 0 bridgehead atoms. The van der Waals surface area contributed by atoms with Gasteiger partial charge >= 0.3 is 5.97 Å². The van der Waals surface area contributed by atoms with E-state index in [-0.39, 0.29) is 35.3 Å². The Morgan fingerprint density at radius 3 is 2.08 bits per heavy atom. The number of carboxylic acid groups (broad SMARTS) is 1. The third-order valence-corrected chi connectivity index (χ3v) is 5.48. The van der Waals surface area contributed by atoms with E-state index >= 15 is 0 Å². The molecule has 2 rings (SSSR count). The van der Waals surface area contributed by atoms with Crippen molar-refractivity contribution in [3.05, 3.63) is 58.9 Å². The quantitative estimate of drug-likeness (QED) is 0.241. The van der Waals surface area contributed by atoms with Crippen LogP contribution in [0.25, 0.3) is 0 Å². The molecule has 2 amide bonds. The number of hydrogen-bond donors (Lipinski definition) is 6. The third-order valence-electron chi connectivity index (χ3n) is 5.48. The number of nitrogens with one attached hydrogen (secondary N) is 4. The molecule has 0 spiro atoms. The number of rotatable bonds is 8. The van der Waals surface area contributed by atoms with Gasteiger partial charge in [0, 0.05) is 12.7 Å². The molecule has 0 aliphatic rings. The van der Waals surface area contributed by atoms with Crippen LogP contribution in [0.1, 0.15) is 81.1 Å². The largest absolute Gasteiger partial charge is 0.481 e. The van der Waals surface area contributed by atoms with E-state index in [1.165, 1.54) is 18.5 Å². The highest BCUT2D eigenvalue weighted by atomic mass is 16.4. The summed E-state index contributed by atoms with van der Waals surface area (Å²) in [5.74, 6) is -2.44. The topological polar surface area (TPSA) is 170 Å². The number of benzene rings is 1. The number of carbonyl (C=O) groups is 3. The molecule has 1 heterocycles. The minimum atomic E-state index is -1.08. The smallest absolute Gasteiger partial charge is 0.305 e. The molecule has 10 nitrogen and oxygen atoms in total. The zero-order chi connectivity index (χ0) is 27.3. The third kappa shape index (κ3) is 8.07. The van der Waals surface area contributed by atoms with Crippen molar-refractivity contribution in [3.63, 3.8) is 0 Å². The number of anilines is 1. The maximum Gasteiger partial charge on any atom is 0.305 e. The number of amides is 2. The number of carboxylic acids is 1. The number of pyridine rings is 1. The maximum atomic E-state index is 13.2. The van der Waals surface area contributed by atoms with E-state index < -0.39 is 23.8 Å². The van der Waals surface area contributed by atoms with Gasteiger partial charge in [-0.1, -0.05) is 59.7 Å². The van der Waals surface area contributed by atoms with Gasteiger partial charge in [-0.3, -0.25) is 24.8 Å². The molecular formula is C26H36N6O4. The van der Waals surface area contributed by atoms with Crippen LogP contribution < -0.4 is 21.7 Å². The molecule has 1 aromatic heterocycles. The summed E-state index contributed by atoms with van der Waals surface area (Å²) in [4.78, 5) is 41.4. The molecule has 1 unspecified atom stereocenters. The van der Waals surface area contributed by atoms with Crippen molar-refractivity contribution >= 4 is 29.4 Å². The van der Waals surface area contributed by atoms with Gasteiger partial charge in [-0.05, 0) is 33.6 Å². The van der Waals surface area contributed by atoms with E-state index in [2.05, 4.69) is 68.5 Å². The van der Waals surface area contributed by atoms with E-state index in [1.807, 2.05) is 12.1 Å². The Hall–Kier alpha value is -3.95. The number of hydrogen-bond acceptors (Lipinski definition) is 5. The van der Waals surface area contributed by atoms with Crippen LogP contribution in [0.3, 0.4) is 0 Å². The summed E-state index contributed by atoms with van der Waals surface area (Å²) in [6.45, 7) is 12.3. The van der Waals surface area contributed by atoms with Crippen LogP contribution in [0.5, 0.6) is 0 Å². The van der Waals surface area contributed by atoms with Crippen molar-refractivity contribution in [1.29, 1.82) is 5.41 Å². The summed E-state index contributed by atoms with van der Waals surface area (Å²) in [7, 11) is 0. The second-order valence-electron chi connectivity index (χ2n) is 10.7. The molecule has 36 heavy (non-hydrogen) atoms. The second-order valence-corrected chi connectivity index (χ2v) is 10.7. The van der Waals surface area contributed by atoms with Crippen LogP contribution in [0.15, 0.2) is 36.7 Å². The highest BCUT2D eigenvalue weighted by Crippen LogP contribution is 2.32. The number of aliphatic carboxylic acids is 1. The predicted octanol–water partition coefficient (Wildman–Crippen LogP) is 3.04. The number of nitrogens with zero attached hydrogens (tertiary/aromatic N) is 1. The Balaban J connectivity index is 2.52. The fraction of sp³-hybridized carbons (Fsp3) is 0.423. The Labute approximate surface area is 211 Å². The van der Waals surface area contributed by atoms with Gasteiger partial charge in [0.2, 0.25) is 5.91 Å². The molecule has 2 aromatic rings.